The van der Waals surface area contributed by atoms with Crippen molar-refractivity contribution in [1.29, 1.82) is 0 Å². The molecule has 0 amide bonds. The van der Waals surface area contributed by atoms with Crippen molar-refractivity contribution in [3.05, 3.63) is 12.2 Å². The lowest BCUT2D eigenvalue weighted by Crippen LogP contribution is -2.30. The van der Waals surface area contributed by atoms with Gasteiger partial charge in [-0.3, -0.25) is 0 Å². The van der Waals surface area contributed by atoms with Crippen molar-refractivity contribution in [2.24, 2.45) is 0 Å². The molecule has 0 radical (unpaired) electrons. The van der Waals surface area contributed by atoms with Crippen molar-refractivity contribution in [1.82, 2.24) is 0 Å². The van der Waals surface area contributed by atoms with E-state index < -0.39 is 12.2 Å². The number of hydrogen-bond donors (Lipinski definition) is 2. The minimum Gasteiger partial charge on any atom is -0.394 e. The minimum atomic E-state index is -0.908. The number of rotatable bonds is 5. The highest BCUT2D eigenvalue weighted by Crippen LogP contribution is 2.00. The zero-order valence-electron chi connectivity index (χ0n) is 7.10. The second kappa shape index (κ2) is 6.86. The number of hydrogen-bond acceptors (Lipinski definition) is 3. The van der Waals surface area contributed by atoms with E-state index in [2.05, 4.69) is 5.92 Å². The van der Waals surface area contributed by atoms with Crippen LogP contribution in [0.15, 0.2) is 12.2 Å². The van der Waals surface area contributed by atoms with Gasteiger partial charge in [-0.25, -0.2) is 0 Å². The highest BCUT2D eigenvalue weighted by Gasteiger charge is 2.14. The summed E-state index contributed by atoms with van der Waals surface area (Å²) in [4.78, 5) is 0. The predicted molar refractivity (Wildman–Crippen MR) is 46.5 cm³/mol. The molecule has 0 heterocycles. The summed E-state index contributed by atoms with van der Waals surface area (Å²) < 4.78 is 5.10. The molecule has 68 valence electrons. The first-order valence-corrected chi connectivity index (χ1v) is 3.79. The lowest BCUT2D eigenvalue weighted by molar-refractivity contribution is -0.0295. The summed E-state index contributed by atoms with van der Waals surface area (Å²) in [5.41, 5.74) is 0. The van der Waals surface area contributed by atoms with Gasteiger partial charge in [-0.1, -0.05) is 5.92 Å². The van der Waals surface area contributed by atoms with Crippen molar-refractivity contribution < 1.29 is 14.9 Å². The van der Waals surface area contributed by atoms with Crippen LogP contribution in [0, 0.1) is 12.3 Å². The number of ether oxygens (including phenoxy) is 1. The van der Waals surface area contributed by atoms with Crippen molar-refractivity contribution in [3.8, 4) is 12.3 Å². The van der Waals surface area contributed by atoms with Crippen LogP contribution in [0.5, 0.6) is 0 Å². The van der Waals surface area contributed by atoms with Crippen LogP contribution in [-0.2, 0) is 4.74 Å². The van der Waals surface area contributed by atoms with E-state index in [0.717, 1.165) is 0 Å². The maximum atomic E-state index is 9.18. The zero-order valence-corrected chi connectivity index (χ0v) is 7.10. The summed E-state index contributed by atoms with van der Waals surface area (Å²) in [5.74, 6) is 2.28. The number of allylic oxidation sites excluding steroid dienone is 1. The van der Waals surface area contributed by atoms with Crippen molar-refractivity contribution in [3.63, 3.8) is 0 Å². The van der Waals surface area contributed by atoms with Crippen molar-refractivity contribution >= 4 is 0 Å². The molecular weight excluding hydrogens is 156 g/mol. The molecule has 2 N–H and O–H groups in total. The predicted octanol–water partition coefficient (Wildman–Crippen LogP) is -0.0659. The zero-order chi connectivity index (χ0) is 9.40. The summed E-state index contributed by atoms with van der Waals surface area (Å²) >= 11 is 0. The van der Waals surface area contributed by atoms with Crippen LogP contribution in [0.25, 0.3) is 0 Å². The van der Waals surface area contributed by atoms with Gasteiger partial charge >= 0.3 is 0 Å². The van der Waals surface area contributed by atoms with Gasteiger partial charge in [0.25, 0.3) is 0 Å². The number of aliphatic hydroxyl groups is 2. The van der Waals surface area contributed by atoms with E-state index in [1.54, 1.807) is 13.0 Å². The van der Waals surface area contributed by atoms with Crippen LogP contribution in [0.4, 0.5) is 0 Å². The average molecular weight is 170 g/mol. The van der Waals surface area contributed by atoms with Crippen molar-refractivity contribution in [2.75, 3.05) is 13.2 Å². The summed E-state index contributed by atoms with van der Waals surface area (Å²) in [6.07, 6.45) is 6.54. The molecule has 0 aliphatic rings. The van der Waals surface area contributed by atoms with E-state index in [1.807, 2.05) is 0 Å². The molecule has 1 unspecified atom stereocenters. The van der Waals surface area contributed by atoms with Crippen LogP contribution < -0.4 is 0 Å². The smallest absolute Gasteiger partial charge is 0.107 e. The van der Waals surface area contributed by atoms with Crippen LogP contribution >= 0.6 is 0 Å². The lowest BCUT2D eigenvalue weighted by Gasteiger charge is -2.16. The molecule has 12 heavy (non-hydrogen) atoms. The van der Waals surface area contributed by atoms with E-state index in [-0.39, 0.29) is 6.61 Å². The Bertz CT molecular complexity index is 169. The van der Waals surface area contributed by atoms with Gasteiger partial charge in [0.05, 0.1) is 6.61 Å². The Morgan fingerprint density at radius 2 is 2.33 bits per heavy atom. The summed E-state index contributed by atoms with van der Waals surface area (Å²) in [7, 11) is 0. The fraction of sp³-hybridized carbons (Fsp3) is 0.556. The van der Waals surface area contributed by atoms with Gasteiger partial charge < -0.3 is 14.9 Å². The third-order valence-corrected chi connectivity index (χ3v) is 1.31. The largest absolute Gasteiger partial charge is 0.394 e. The molecule has 0 aliphatic carbocycles. The maximum Gasteiger partial charge on any atom is 0.107 e. The third kappa shape index (κ3) is 4.14. The second-order valence-electron chi connectivity index (χ2n) is 2.20. The van der Waals surface area contributed by atoms with Gasteiger partial charge in [0.1, 0.15) is 12.2 Å². The van der Waals surface area contributed by atoms with E-state index in [4.69, 9.17) is 16.3 Å². The quantitative estimate of drug-likeness (QED) is 0.568. The minimum absolute atomic E-state index is 0.334. The SMILES string of the molecule is C#C/C=C/[C@@H](OCC)C(O)CO. The molecule has 0 bridgehead atoms. The van der Waals surface area contributed by atoms with Crippen LogP contribution in [-0.4, -0.2) is 35.6 Å². The fourth-order valence-corrected chi connectivity index (χ4v) is 0.742. The summed E-state index contributed by atoms with van der Waals surface area (Å²) in [6.45, 7) is 1.94. The van der Waals surface area contributed by atoms with Gasteiger partial charge in [-0.2, -0.15) is 0 Å². The highest BCUT2D eigenvalue weighted by atomic mass is 16.5. The number of aliphatic hydroxyl groups excluding tert-OH is 2. The molecule has 0 rings (SSSR count). The molecule has 0 spiro atoms. The average Bonchev–Trinajstić information content (AvgIpc) is 2.11. The molecular formula is C9H14O3. The molecule has 0 aromatic heterocycles. The molecule has 3 heteroatoms. The molecule has 0 saturated carbocycles. The first kappa shape index (κ1) is 11.2. The highest BCUT2D eigenvalue weighted by molar-refractivity contribution is 5.11. The third-order valence-electron chi connectivity index (χ3n) is 1.31. The summed E-state index contributed by atoms with van der Waals surface area (Å²) in [6, 6.07) is 0. The number of terminal acetylenes is 1. The fourth-order valence-electron chi connectivity index (χ4n) is 0.742. The van der Waals surface area contributed by atoms with E-state index in [1.165, 1.54) is 6.08 Å². The van der Waals surface area contributed by atoms with E-state index in [0.29, 0.717) is 6.61 Å². The van der Waals surface area contributed by atoms with E-state index >= 15 is 0 Å². The van der Waals surface area contributed by atoms with Crippen molar-refractivity contribution in [2.45, 2.75) is 19.1 Å². The van der Waals surface area contributed by atoms with Gasteiger partial charge in [0.2, 0.25) is 0 Å². The normalized spacial score (nSPS) is 15.8. The van der Waals surface area contributed by atoms with Crippen LogP contribution in [0.2, 0.25) is 0 Å². The molecule has 3 nitrogen and oxygen atoms in total. The molecule has 0 aliphatic heterocycles. The Morgan fingerprint density at radius 3 is 2.75 bits per heavy atom. The Labute approximate surface area is 72.7 Å². The Morgan fingerprint density at radius 1 is 1.67 bits per heavy atom. The second-order valence-corrected chi connectivity index (χ2v) is 2.20. The summed E-state index contributed by atoms with van der Waals surface area (Å²) in [5, 5.41) is 17.8. The molecule has 0 fully saturated rings. The molecule has 0 aromatic carbocycles. The standard InChI is InChI=1S/C9H14O3/c1-3-5-6-9(12-4-2)8(11)7-10/h1,5-6,8-11H,4,7H2,2H3/b6-5+/t8?,9-/m1/s1. The Balaban J connectivity index is 4.04. The van der Waals surface area contributed by atoms with Gasteiger partial charge in [-0.05, 0) is 19.1 Å². The topological polar surface area (TPSA) is 49.7 Å². The lowest BCUT2D eigenvalue weighted by atomic mass is 10.2. The molecule has 0 aromatic rings. The molecule has 2 atom stereocenters. The van der Waals surface area contributed by atoms with Gasteiger partial charge in [0.15, 0.2) is 0 Å². The molecule has 0 saturated heterocycles. The van der Waals surface area contributed by atoms with Crippen LogP contribution in [0.3, 0.4) is 0 Å². The Kier molecular flexibility index (Phi) is 6.39. The van der Waals surface area contributed by atoms with Crippen LogP contribution in [0.1, 0.15) is 6.92 Å². The maximum absolute atomic E-state index is 9.18. The van der Waals surface area contributed by atoms with E-state index in [9.17, 15) is 5.11 Å². The first-order valence-electron chi connectivity index (χ1n) is 3.79. The van der Waals surface area contributed by atoms with Gasteiger partial charge in [-0.15, -0.1) is 6.42 Å². The first-order chi connectivity index (χ1) is 5.76. The Hall–Kier alpha value is -0.820. The monoisotopic (exact) mass is 170 g/mol. The van der Waals surface area contributed by atoms with Gasteiger partial charge in [0, 0.05) is 6.61 Å².